The van der Waals surface area contributed by atoms with Crippen LogP contribution in [0.1, 0.15) is 29.2 Å². The number of halogens is 1. The number of carbonyl (C=O) groups is 1. The molecule has 126 valence electrons. The molecule has 4 nitrogen and oxygen atoms in total. The molecule has 0 aliphatic carbocycles. The Morgan fingerprint density at radius 3 is 2.71 bits per heavy atom. The van der Waals surface area contributed by atoms with E-state index >= 15 is 0 Å². The molecule has 1 amide bonds. The van der Waals surface area contributed by atoms with E-state index in [0.29, 0.717) is 23.8 Å². The van der Waals surface area contributed by atoms with E-state index in [4.69, 9.17) is 16.3 Å². The standard InChI is InChI=1S/C19H21ClN2O2/c1-4-24-18-8-6-15(10-17(18)20)12-21-22-19(23)11-16-7-5-13(2)9-14(16)3/h5-10,12H,4,11H2,1-3H3,(H,22,23)/b21-12+. The highest BCUT2D eigenvalue weighted by atomic mass is 35.5. The minimum absolute atomic E-state index is 0.157. The number of hydrazone groups is 1. The van der Waals surface area contributed by atoms with E-state index in [2.05, 4.69) is 16.6 Å². The largest absolute Gasteiger partial charge is 0.492 e. The quantitative estimate of drug-likeness (QED) is 0.635. The molecule has 5 heteroatoms. The summed E-state index contributed by atoms with van der Waals surface area (Å²) in [5.74, 6) is 0.477. The molecular formula is C19H21ClN2O2. The fourth-order valence-corrected chi connectivity index (χ4v) is 2.55. The van der Waals surface area contributed by atoms with Crippen molar-refractivity contribution in [2.75, 3.05) is 6.61 Å². The molecule has 0 unspecified atom stereocenters. The van der Waals surface area contributed by atoms with Crippen molar-refractivity contribution in [3.05, 3.63) is 63.7 Å². The predicted molar refractivity (Wildman–Crippen MR) is 98.0 cm³/mol. The molecule has 0 atom stereocenters. The first-order valence-electron chi connectivity index (χ1n) is 7.80. The summed E-state index contributed by atoms with van der Waals surface area (Å²) in [6.45, 7) is 6.49. The second-order valence-electron chi connectivity index (χ2n) is 5.52. The van der Waals surface area contributed by atoms with E-state index in [1.807, 2.05) is 39.0 Å². The minimum Gasteiger partial charge on any atom is -0.492 e. The van der Waals surface area contributed by atoms with Crippen LogP contribution in [-0.2, 0) is 11.2 Å². The first kappa shape index (κ1) is 18.0. The Morgan fingerprint density at radius 2 is 2.04 bits per heavy atom. The lowest BCUT2D eigenvalue weighted by Crippen LogP contribution is -2.20. The third kappa shape index (κ3) is 5.10. The van der Waals surface area contributed by atoms with Gasteiger partial charge in [0.15, 0.2) is 0 Å². The van der Waals surface area contributed by atoms with Gasteiger partial charge in [-0.1, -0.05) is 35.4 Å². The second-order valence-corrected chi connectivity index (χ2v) is 5.93. The summed E-state index contributed by atoms with van der Waals surface area (Å²) < 4.78 is 5.37. The Balaban J connectivity index is 1.93. The molecular weight excluding hydrogens is 324 g/mol. The lowest BCUT2D eigenvalue weighted by molar-refractivity contribution is -0.120. The molecule has 0 aliphatic heterocycles. The number of rotatable bonds is 6. The van der Waals surface area contributed by atoms with E-state index < -0.39 is 0 Å². The van der Waals surface area contributed by atoms with Crippen molar-refractivity contribution in [3.8, 4) is 5.75 Å². The van der Waals surface area contributed by atoms with Crippen LogP contribution in [0.5, 0.6) is 5.75 Å². The Bertz CT molecular complexity index is 757. The zero-order chi connectivity index (χ0) is 17.5. The number of nitrogens with zero attached hydrogens (tertiary/aromatic N) is 1. The van der Waals surface area contributed by atoms with Gasteiger partial charge in [0, 0.05) is 0 Å². The van der Waals surface area contributed by atoms with Gasteiger partial charge < -0.3 is 4.74 Å². The molecule has 2 rings (SSSR count). The fraction of sp³-hybridized carbons (Fsp3) is 0.263. The van der Waals surface area contributed by atoms with Gasteiger partial charge >= 0.3 is 0 Å². The van der Waals surface area contributed by atoms with Crippen LogP contribution in [0.4, 0.5) is 0 Å². The SMILES string of the molecule is CCOc1ccc(/C=N/NC(=O)Cc2ccc(C)cc2C)cc1Cl. The van der Waals surface area contributed by atoms with Crippen molar-refractivity contribution in [2.24, 2.45) is 5.10 Å². The Kier molecular flexibility index (Phi) is 6.38. The average Bonchev–Trinajstić information content (AvgIpc) is 2.53. The summed E-state index contributed by atoms with van der Waals surface area (Å²) >= 11 is 6.11. The van der Waals surface area contributed by atoms with Gasteiger partial charge in [-0.05, 0) is 55.7 Å². The third-order valence-corrected chi connectivity index (χ3v) is 3.80. The molecule has 0 radical (unpaired) electrons. The fourth-order valence-electron chi connectivity index (χ4n) is 2.31. The molecule has 0 saturated carbocycles. The normalized spacial score (nSPS) is 10.8. The van der Waals surface area contributed by atoms with E-state index in [9.17, 15) is 4.79 Å². The van der Waals surface area contributed by atoms with Gasteiger partial charge in [-0.25, -0.2) is 5.43 Å². The van der Waals surface area contributed by atoms with Gasteiger partial charge in [-0.3, -0.25) is 4.79 Å². The van der Waals surface area contributed by atoms with Crippen LogP contribution in [0.3, 0.4) is 0 Å². The Labute approximate surface area is 147 Å². The van der Waals surface area contributed by atoms with Crippen molar-refractivity contribution in [2.45, 2.75) is 27.2 Å². The van der Waals surface area contributed by atoms with E-state index in [-0.39, 0.29) is 5.91 Å². The van der Waals surface area contributed by atoms with Crippen molar-refractivity contribution in [1.29, 1.82) is 0 Å². The van der Waals surface area contributed by atoms with Gasteiger partial charge in [0.25, 0.3) is 0 Å². The van der Waals surface area contributed by atoms with Crippen LogP contribution in [0.15, 0.2) is 41.5 Å². The number of aryl methyl sites for hydroxylation is 2. The molecule has 2 aromatic rings. The topological polar surface area (TPSA) is 50.7 Å². The first-order valence-corrected chi connectivity index (χ1v) is 8.17. The molecule has 0 aromatic heterocycles. The highest BCUT2D eigenvalue weighted by Gasteiger charge is 2.05. The number of nitrogens with one attached hydrogen (secondary N) is 1. The highest BCUT2D eigenvalue weighted by molar-refractivity contribution is 6.32. The molecule has 1 N–H and O–H groups in total. The van der Waals surface area contributed by atoms with Crippen molar-refractivity contribution in [1.82, 2.24) is 5.43 Å². The molecule has 0 heterocycles. The maximum Gasteiger partial charge on any atom is 0.244 e. The number of hydrogen-bond acceptors (Lipinski definition) is 3. The van der Waals surface area contributed by atoms with E-state index in [1.54, 1.807) is 18.3 Å². The van der Waals surface area contributed by atoms with Crippen LogP contribution in [0, 0.1) is 13.8 Å². The molecule has 0 bridgehead atoms. The van der Waals surface area contributed by atoms with E-state index in [0.717, 1.165) is 16.7 Å². The summed E-state index contributed by atoms with van der Waals surface area (Å²) in [6, 6.07) is 11.4. The molecule has 0 saturated heterocycles. The molecule has 24 heavy (non-hydrogen) atoms. The summed E-state index contributed by atoms with van der Waals surface area (Å²) in [7, 11) is 0. The van der Waals surface area contributed by atoms with Gasteiger partial charge in [0.2, 0.25) is 5.91 Å². The van der Waals surface area contributed by atoms with Crippen molar-refractivity contribution < 1.29 is 9.53 Å². The summed E-state index contributed by atoms with van der Waals surface area (Å²) in [4.78, 5) is 12.0. The molecule has 0 aliphatic rings. The smallest absolute Gasteiger partial charge is 0.244 e. The Hall–Kier alpha value is -2.33. The van der Waals surface area contributed by atoms with Crippen LogP contribution in [-0.4, -0.2) is 18.7 Å². The average molecular weight is 345 g/mol. The van der Waals surface area contributed by atoms with Gasteiger partial charge in [0.05, 0.1) is 24.3 Å². The van der Waals surface area contributed by atoms with Gasteiger partial charge in [-0.15, -0.1) is 0 Å². The van der Waals surface area contributed by atoms with Gasteiger partial charge in [-0.2, -0.15) is 5.10 Å². The van der Waals surface area contributed by atoms with E-state index in [1.165, 1.54) is 5.56 Å². The number of ether oxygens (including phenoxy) is 1. The predicted octanol–water partition coefficient (Wildman–Crippen LogP) is 4.05. The number of benzene rings is 2. The lowest BCUT2D eigenvalue weighted by Gasteiger charge is -2.06. The first-order chi connectivity index (χ1) is 11.5. The highest BCUT2D eigenvalue weighted by Crippen LogP contribution is 2.24. The van der Waals surface area contributed by atoms with Crippen molar-refractivity contribution in [3.63, 3.8) is 0 Å². The van der Waals surface area contributed by atoms with Gasteiger partial charge in [0.1, 0.15) is 5.75 Å². The minimum atomic E-state index is -0.157. The maximum atomic E-state index is 12.0. The van der Waals surface area contributed by atoms with Crippen LogP contribution in [0.25, 0.3) is 0 Å². The summed E-state index contributed by atoms with van der Waals surface area (Å²) in [6.07, 6.45) is 1.86. The lowest BCUT2D eigenvalue weighted by atomic mass is 10.0. The number of amides is 1. The monoisotopic (exact) mass is 344 g/mol. The molecule has 0 fully saturated rings. The molecule has 0 spiro atoms. The second kappa shape index (κ2) is 8.50. The number of hydrogen-bond donors (Lipinski definition) is 1. The van der Waals surface area contributed by atoms with Crippen LogP contribution >= 0.6 is 11.6 Å². The molecule has 2 aromatic carbocycles. The van der Waals surface area contributed by atoms with Crippen molar-refractivity contribution >= 4 is 23.7 Å². The summed E-state index contributed by atoms with van der Waals surface area (Å²) in [5, 5.41) is 4.49. The third-order valence-electron chi connectivity index (χ3n) is 3.51. The van der Waals surface area contributed by atoms with Crippen LogP contribution < -0.4 is 10.2 Å². The zero-order valence-electron chi connectivity index (χ0n) is 14.1. The number of carbonyl (C=O) groups excluding carboxylic acids is 1. The van der Waals surface area contributed by atoms with Crippen LogP contribution in [0.2, 0.25) is 5.02 Å². The Morgan fingerprint density at radius 1 is 1.25 bits per heavy atom. The summed E-state index contributed by atoms with van der Waals surface area (Å²) in [5.41, 5.74) is 6.61. The zero-order valence-corrected chi connectivity index (χ0v) is 14.9. The maximum absolute atomic E-state index is 12.0.